The number of carbonyl (C=O) groups is 2. The van der Waals surface area contributed by atoms with Crippen molar-refractivity contribution in [2.75, 3.05) is 11.9 Å². The molecule has 1 heterocycles. The van der Waals surface area contributed by atoms with Gasteiger partial charge >= 0.3 is 5.97 Å². The molecule has 0 fully saturated rings. The Labute approximate surface area is 119 Å². The molecule has 0 aromatic heterocycles. The largest absolute Gasteiger partial charge is 0.482 e. The first kappa shape index (κ1) is 13.9. The molecule has 6 heteroatoms. The fourth-order valence-electron chi connectivity index (χ4n) is 1.99. The fraction of sp³-hybridized carbons (Fsp3) is 0.385. The summed E-state index contributed by atoms with van der Waals surface area (Å²) >= 11 is 3.45. The van der Waals surface area contributed by atoms with E-state index in [0.717, 1.165) is 10.0 Å². The van der Waals surface area contributed by atoms with E-state index in [-0.39, 0.29) is 24.9 Å². The predicted molar refractivity (Wildman–Crippen MR) is 73.6 cm³/mol. The SMILES string of the molecule is CC(CCC(=O)O)c1cc2c(cc1Br)NC(=O)CO2. The van der Waals surface area contributed by atoms with Crippen LogP contribution >= 0.6 is 15.9 Å². The lowest BCUT2D eigenvalue weighted by Gasteiger charge is -2.21. The number of hydrogen-bond donors (Lipinski definition) is 2. The van der Waals surface area contributed by atoms with Gasteiger partial charge in [0.05, 0.1) is 5.69 Å². The van der Waals surface area contributed by atoms with Crippen molar-refractivity contribution in [3.8, 4) is 5.75 Å². The van der Waals surface area contributed by atoms with Gasteiger partial charge in [0.2, 0.25) is 0 Å². The van der Waals surface area contributed by atoms with Crippen molar-refractivity contribution in [3.63, 3.8) is 0 Å². The number of hydrogen-bond acceptors (Lipinski definition) is 3. The van der Waals surface area contributed by atoms with Crippen molar-refractivity contribution in [1.29, 1.82) is 0 Å². The maximum Gasteiger partial charge on any atom is 0.303 e. The van der Waals surface area contributed by atoms with E-state index in [4.69, 9.17) is 9.84 Å². The Kier molecular flexibility index (Phi) is 4.09. The Morgan fingerprint density at radius 1 is 1.58 bits per heavy atom. The molecule has 102 valence electrons. The standard InChI is InChI=1S/C13H14BrNO4/c1-7(2-3-13(17)18)8-4-11-10(5-9(8)14)15-12(16)6-19-11/h4-5,7H,2-3,6H2,1H3,(H,15,16)(H,17,18). The first-order valence-electron chi connectivity index (χ1n) is 5.95. The second kappa shape index (κ2) is 5.61. The van der Waals surface area contributed by atoms with E-state index in [2.05, 4.69) is 21.2 Å². The first-order chi connectivity index (χ1) is 8.97. The molecule has 0 saturated heterocycles. The molecule has 5 nitrogen and oxygen atoms in total. The Hall–Kier alpha value is -1.56. The second-order valence-corrected chi connectivity index (χ2v) is 5.39. The van der Waals surface area contributed by atoms with Gasteiger partial charge in [0.25, 0.3) is 5.91 Å². The zero-order chi connectivity index (χ0) is 14.0. The lowest BCUT2D eigenvalue weighted by Crippen LogP contribution is -2.25. The van der Waals surface area contributed by atoms with Gasteiger partial charge in [-0.2, -0.15) is 0 Å². The van der Waals surface area contributed by atoms with Crippen molar-refractivity contribution in [2.45, 2.75) is 25.7 Å². The minimum atomic E-state index is -0.801. The van der Waals surface area contributed by atoms with Crippen LogP contribution in [0.2, 0.25) is 0 Å². The summed E-state index contributed by atoms with van der Waals surface area (Å²) in [5.74, 6) is -0.257. The topological polar surface area (TPSA) is 75.6 Å². The van der Waals surface area contributed by atoms with Crippen molar-refractivity contribution in [3.05, 3.63) is 22.2 Å². The summed E-state index contributed by atoms with van der Waals surface area (Å²) in [6.07, 6.45) is 0.682. The average Bonchev–Trinajstić information content (AvgIpc) is 2.35. The van der Waals surface area contributed by atoms with Crippen LogP contribution in [0.25, 0.3) is 0 Å². The fourth-order valence-corrected chi connectivity index (χ4v) is 2.72. The normalized spacial score (nSPS) is 15.2. The van der Waals surface area contributed by atoms with Gasteiger partial charge in [-0.3, -0.25) is 9.59 Å². The van der Waals surface area contributed by atoms with Gasteiger partial charge in [0.1, 0.15) is 5.75 Å². The second-order valence-electron chi connectivity index (χ2n) is 4.54. The average molecular weight is 328 g/mol. The molecule has 1 unspecified atom stereocenters. The van der Waals surface area contributed by atoms with E-state index in [1.807, 2.05) is 13.0 Å². The monoisotopic (exact) mass is 327 g/mol. The number of rotatable bonds is 4. The van der Waals surface area contributed by atoms with E-state index in [1.165, 1.54) is 0 Å². The highest BCUT2D eigenvalue weighted by Crippen LogP contribution is 2.37. The molecule has 1 aliphatic rings. The lowest BCUT2D eigenvalue weighted by molar-refractivity contribution is -0.137. The smallest absolute Gasteiger partial charge is 0.303 e. The highest BCUT2D eigenvalue weighted by atomic mass is 79.9. The number of fused-ring (bicyclic) bond motifs is 1. The quantitative estimate of drug-likeness (QED) is 0.891. The van der Waals surface area contributed by atoms with Gasteiger partial charge < -0.3 is 15.2 Å². The van der Waals surface area contributed by atoms with Crippen LogP contribution in [0.1, 0.15) is 31.2 Å². The van der Waals surface area contributed by atoms with Gasteiger partial charge in [-0.1, -0.05) is 22.9 Å². The number of aliphatic carboxylic acids is 1. The highest BCUT2D eigenvalue weighted by molar-refractivity contribution is 9.10. The van der Waals surface area contributed by atoms with Crippen LogP contribution in [0.5, 0.6) is 5.75 Å². The first-order valence-corrected chi connectivity index (χ1v) is 6.74. The number of anilines is 1. The molecule has 1 aliphatic heterocycles. The molecule has 1 aromatic rings. The third kappa shape index (κ3) is 3.26. The third-order valence-corrected chi connectivity index (χ3v) is 3.74. The van der Waals surface area contributed by atoms with Crippen LogP contribution in [0.15, 0.2) is 16.6 Å². The van der Waals surface area contributed by atoms with Crippen LogP contribution in [-0.4, -0.2) is 23.6 Å². The molecule has 1 atom stereocenters. The molecule has 0 aliphatic carbocycles. The Balaban J connectivity index is 2.22. The summed E-state index contributed by atoms with van der Waals surface area (Å²) in [5, 5.41) is 11.4. The maximum atomic E-state index is 11.2. The molecule has 0 bridgehead atoms. The van der Waals surface area contributed by atoms with Gasteiger partial charge in [-0.25, -0.2) is 0 Å². The number of halogens is 1. The summed E-state index contributed by atoms with van der Waals surface area (Å²) in [6.45, 7) is 1.98. The minimum Gasteiger partial charge on any atom is -0.482 e. The van der Waals surface area contributed by atoms with Gasteiger partial charge in [0.15, 0.2) is 6.61 Å². The van der Waals surface area contributed by atoms with Crippen molar-refractivity contribution >= 4 is 33.5 Å². The number of carboxylic acid groups (broad SMARTS) is 1. The summed E-state index contributed by atoms with van der Waals surface area (Å²) in [4.78, 5) is 21.8. The van der Waals surface area contributed by atoms with E-state index in [0.29, 0.717) is 17.9 Å². The zero-order valence-corrected chi connectivity index (χ0v) is 12.0. The predicted octanol–water partition coefficient (Wildman–Crippen LogP) is 2.75. The molecule has 19 heavy (non-hydrogen) atoms. The number of ether oxygens (including phenoxy) is 1. The van der Waals surface area contributed by atoms with Crippen molar-refractivity contribution in [2.24, 2.45) is 0 Å². The van der Waals surface area contributed by atoms with E-state index in [9.17, 15) is 9.59 Å². The van der Waals surface area contributed by atoms with Crippen LogP contribution in [-0.2, 0) is 9.59 Å². The Bertz CT molecular complexity index is 530. The molecule has 2 N–H and O–H groups in total. The molecule has 2 rings (SSSR count). The number of carboxylic acids is 1. The van der Waals surface area contributed by atoms with Crippen LogP contribution in [0.4, 0.5) is 5.69 Å². The Morgan fingerprint density at radius 2 is 2.32 bits per heavy atom. The van der Waals surface area contributed by atoms with E-state index >= 15 is 0 Å². The molecule has 0 radical (unpaired) electrons. The highest BCUT2D eigenvalue weighted by Gasteiger charge is 2.20. The number of nitrogens with one attached hydrogen (secondary N) is 1. The summed E-state index contributed by atoms with van der Waals surface area (Å²) in [6, 6.07) is 3.64. The van der Waals surface area contributed by atoms with Crippen molar-refractivity contribution < 1.29 is 19.4 Å². The summed E-state index contributed by atoms with van der Waals surface area (Å²) < 4.78 is 6.20. The number of benzene rings is 1. The van der Waals surface area contributed by atoms with Crippen LogP contribution < -0.4 is 10.1 Å². The number of amides is 1. The lowest BCUT2D eigenvalue weighted by atomic mass is 9.95. The molecule has 0 spiro atoms. The molecule has 1 amide bonds. The van der Waals surface area contributed by atoms with Gasteiger partial charge in [-0.05, 0) is 30.0 Å². The van der Waals surface area contributed by atoms with Gasteiger partial charge in [0, 0.05) is 10.9 Å². The van der Waals surface area contributed by atoms with Crippen LogP contribution in [0.3, 0.4) is 0 Å². The van der Waals surface area contributed by atoms with Crippen LogP contribution in [0, 0.1) is 0 Å². The minimum absolute atomic E-state index is 0.0115. The number of carbonyl (C=O) groups excluding carboxylic acids is 1. The molecular formula is C13H14BrNO4. The molecule has 0 saturated carbocycles. The molecule has 1 aromatic carbocycles. The Morgan fingerprint density at radius 3 is 3.00 bits per heavy atom. The summed E-state index contributed by atoms with van der Waals surface area (Å²) in [7, 11) is 0. The molecular weight excluding hydrogens is 314 g/mol. The van der Waals surface area contributed by atoms with Gasteiger partial charge in [-0.15, -0.1) is 0 Å². The van der Waals surface area contributed by atoms with E-state index < -0.39 is 5.97 Å². The van der Waals surface area contributed by atoms with E-state index in [1.54, 1.807) is 6.07 Å². The third-order valence-electron chi connectivity index (χ3n) is 3.05. The van der Waals surface area contributed by atoms with Crippen molar-refractivity contribution in [1.82, 2.24) is 0 Å². The zero-order valence-electron chi connectivity index (χ0n) is 10.4. The maximum absolute atomic E-state index is 11.2. The summed E-state index contributed by atoms with van der Waals surface area (Å²) in [5.41, 5.74) is 1.62.